The number of carbonyl (C=O) groups excluding carboxylic acids is 1. The van der Waals surface area contributed by atoms with Gasteiger partial charge in [0.05, 0.1) is 16.7 Å². The summed E-state index contributed by atoms with van der Waals surface area (Å²) in [6.07, 6.45) is 0. The Labute approximate surface area is 147 Å². The van der Waals surface area contributed by atoms with Crippen molar-refractivity contribution in [1.82, 2.24) is 0 Å². The van der Waals surface area contributed by atoms with Crippen LogP contribution in [0.25, 0.3) is 0 Å². The monoisotopic (exact) mass is 376 g/mol. The van der Waals surface area contributed by atoms with E-state index in [0.29, 0.717) is 17.9 Å². The third-order valence-electron chi connectivity index (χ3n) is 2.92. The van der Waals surface area contributed by atoms with Crippen LogP contribution in [0.2, 0.25) is 10.0 Å². The Morgan fingerprint density at radius 3 is 2.48 bits per heavy atom. The first-order valence-electron chi connectivity index (χ1n) is 6.65. The predicted octanol–water partition coefficient (Wildman–Crippen LogP) is 5.49. The lowest BCUT2D eigenvalue weighted by Gasteiger charge is -2.15. The fourth-order valence-corrected chi connectivity index (χ4v) is 2.47. The van der Waals surface area contributed by atoms with Crippen LogP contribution in [0, 0.1) is 5.82 Å². The molecule has 0 aliphatic carbocycles. The van der Waals surface area contributed by atoms with Gasteiger partial charge in [0.25, 0.3) is 5.24 Å². The normalized spacial score (nSPS) is 10.5. The maximum atomic E-state index is 13.0. The van der Waals surface area contributed by atoms with E-state index in [9.17, 15) is 9.18 Å². The molecule has 0 radical (unpaired) electrons. The Hall–Kier alpha value is -1.49. The molecule has 0 spiro atoms. The van der Waals surface area contributed by atoms with Gasteiger partial charge in [-0.3, -0.25) is 4.79 Å². The van der Waals surface area contributed by atoms with Gasteiger partial charge in [-0.15, -0.1) is 0 Å². The molecule has 7 heteroatoms. The average Bonchev–Trinajstić information content (AvgIpc) is 2.48. The molecule has 2 rings (SSSR count). The Balaban J connectivity index is 2.29. The molecule has 0 fully saturated rings. The first-order chi connectivity index (χ1) is 10.9. The molecule has 0 amide bonds. The topological polar surface area (TPSA) is 35.5 Å². The molecular weight excluding hydrogens is 366 g/mol. The van der Waals surface area contributed by atoms with Gasteiger partial charge in [-0.2, -0.15) is 0 Å². The van der Waals surface area contributed by atoms with E-state index in [2.05, 4.69) is 0 Å². The van der Waals surface area contributed by atoms with E-state index in [1.54, 1.807) is 6.92 Å². The number of ether oxygens (including phenoxy) is 2. The first kappa shape index (κ1) is 17.9. The number of hydrogen-bond donors (Lipinski definition) is 0. The van der Waals surface area contributed by atoms with Crippen LogP contribution >= 0.6 is 34.8 Å². The molecule has 0 atom stereocenters. The van der Waals surface area contributed by atoms with Gasteiger partial charge < -0.3 is 9.47 Å². The van der Waals surface area contributed by atoms with Crippen molar-refractivity contribution in [2.45, 2.75) is 13.5 Å². The Morgan fingerprint density at radius 1 is 1.13 bits per heavy atom. The summed E-state index contributed by atoms with van der Waals surface area (Å²) in [5.41, 5.74) is 0.788. The molecule has 0 heterocycles. The molecule has 0 aliphatic rings. The lowest BCUT2D eigenvalue weighted by atomic mass is 10.2. The zero-order chi connectivity index (χ0) is 17.0. The summed E-state index contributed by atoms with van der Waals surface area (Å²) in [5.74, 6) is 0.120. The highest BCUT2D eigenvalue weighted by molar-refractivity contribution is 6.67. The highest BCUT2D eigenvalue weighted by atomic mass is 35.5. The van der Waals surface area contributed by atoms with Crippen LogP contribution in [0.1, 0.15) is 22.8 Å². The lowest BCUT2D eigenvalue weighted by Crippen LogP contribution is -2.02. The molecule has 0 bridgehead atoms. The van der Waals surface area contributed by atoms with Crippen molar-refractivity contribution >= 4 is 40.0 Å². The van der Waals surface area contributed by atoms with Crippen molar-refractivity contribution in [2.75, 3.05) is 6.61 Å². The highest BCUT2D eigenvalue weighted by Crippen LogP contribution is 2.38. The van der Waals surface area contributed by atoms with Crippen molar-refractivity contribution in [3.63, 3.8) is 0 Å². The van der Waals surface area contributed by atoms with Crippen LogP contribution < -0.4 is 9.47 Å². The van der Waals surface area contributed by atoms with E-state index >= 15 is 0 Å². The van der Waals surface area contributed by atoms with Crippen LogP contribution in [-0.4, -0.2) is 11.8 Å². The summed E-state index contributed by atoms with van der Waals surface area (Å²) in [6, 6.07) is 6.83. The summed E-state index contributed by atoms with van der Waals surface area (Å²) in [7, 11) is 0. The molecular formula is C16H12Cl3FO3. The van der Waals surface area contributed by atoms with E-state index in [1.165, 1.54) is 30.3 Å². The van der Waals surface area contributed by atoms with E-state index < -0.39 is 11.1 Å². The Bertz CT molecular complexity index is 735. The molecule has 2 aromatic rings. The number of rotatable bonds is 6. The van der Waals surface area contributed by atoms with Crippen LogP contribution in [0.15, 0.2) is 30.3 Å². The molecule has 0 unspecified atom stereocenters. The smallest absolute Gasteiger partial charge is 0.252 e. The quantitative estimate of drug-likeness (QED) is 0.625. The molecule has 0 saturated heterocycles. The molecule has 122 valence electrons. The molecule has 0 saturated carbocycles. The van der Waals surface area contributed by atoms with Gasteiger partial charge in [0.1, 0.15) is 12.4 Å². The number of benzene rings is 2. The minimum atomic E-state index is -0.652. The van der Waals surface area contributed by atoms with Gasteiger partial charge in [-0.25, -0.2) is 4.39 Å². The lowest BCUT2D eigenvalue weighted by molar-refractivity contribution is 0.108. The summed E-state index contributed by atoms with van der Waals surface area (Å²) in [5, 5.41) is -0.231. The first-order valence-corrected chi connectivity index (χ1v) is 7.78. The number of carbonyl (C=O) groups is 1. The zero-order valence-corrected chi connectivity index (χ0v) is 14.3. The highest BCUT2D eigenvalue weighted by Gasteiger charge is 2.16. The van der Waals surface area contributed by atoms with Gasteiger partial charge in [0.2, 0.25) is 0 Å². The van der Waals surface area contributed by atoms with Crippen molar-refractivity contribution in [3.05, 3.63) is 57.3 Å². The molecule has 0 aromatic heterocycles. The fourth-order valence-electron chi connectivity index (χ4n) is 1.87. The van der Waals surface area contributed by atoms with Gasteiger partial charge in [-0.1, -0.05) is 29.3 Å². The van der Waals surface area contributed by atoms with Crippen LogP contribution in [0.5, 0.6) is 11.5 Å². The minimum Gasteiger partial charge on any atom is -0.490 e. The summed E-state index contributed by atoms with van der Waals surface area (Å²) in [6.45, 7) is 2.20. The summed E-state index contributed by atoms with van der Waals surface area (Å²) in [4.78, 5) is 11.3. The molecule has 3 nitrogen and oxygen atoms in total. The summed E-state index contributed by atoms with van der Waals surface area (Å²) >= 11 is 17.6. The fraction of sp³-hybridized carbons (Fsp3) is 0.188. The Morgan fingerprint density at radius 2 is 1.87 bits per heavy atom. The van der Waals surface area contributed by atoms with Gasteiger partial charge >= 0.3 is 0 Å². The van der Waals surface area contributed by atoms with Gasteiger partial charge in [-0.05, 0) is 42.8 Å². The minimum absolute atomic E-state index is 0.0626. The SMILES string of the molecule is CCOc1cc(C(=O)Cl)cc(Cl)c1OCc1ccc(F)cc1Cl. The van der Waals surface area contributed by atoms with E-state index in [0.717, 1.165) is 0 Å². The number of hydrogen-bond acceptors (Lipinski definition) is 3. The van der Waals surface area contributed by atoms with Crippen molar-refractivity contribution in [1.29, 1.82) is 0 Å². The van der Waals surface area contributed by atoms with Crippen LogP contribution in [0.3, 0.4) is 0 Å². The predicted molar refractivity (Wildman–Crippen MR) is 88.5 cm³/mol. The second kappa shape index (κ2) is 7.86. The van der Waals surface area contributed by atoms with Gasteiger partial charge in [0.15, 0.2) is 11.5 Å². The largest absolute Gasteiger partial charge is 0.490 e. The van der Waals surface area contributed by atoms with Crippen molar-refractivity contribution in [2.24, 2.45) is 0 Å². The van der Waals surface area contributed by atoms with Gasteiger partial charge in [0, 0.05) is 11.1 Å². The second-order valence-corrected chi connectivity index (χ2v) is 5.67. The average molecular weight is 378 g/mol. The number of halogens is 4. The molecule has 2 aromatic carbocycles. The maximum absolute atomic E-state index is 13.0. The maximum Gasteiger partial charge on any atom is 0.252 e. The van der Waals surface area contributed by atoms with E-state index in [1.807, 2.05) is 0 Å². The van der Waals surface area contributed by atoms with Crippen molar-refractivity contribution < 1.29 is 18.7 Å². The van der Waals surface area contributed by atoms with Crippen molar-refractivity contribution in [3.8, 4) is 11.5 Å². The third-order valence-corrected chi connectivity index (χ3v) is 3.77. The molecule has 0 N–H and O–H groups in total. The Kier molecular flexibility index (Phi) is 6.10. The third kappa shape index (κ3) is 4.50. The molecule has 23 heavy (non-hydrogen) atoms. The summed E-state index contributed by atoms with van der Waals surface area (Å²) < 4.78 is 24.1. The van der Waals surface area contributed by atoms with Crippen LogP contribution in [-0.2, 0) is 6.61 Å². The zero-order valence-electron chi connectivity index (χ0n) is 12.0. The van der Waals surface area contributed by atoms with Crippen LogP contribution in [0.4, 0.5) is 4.39 Å². The van der Waals surface area contributed by atoms with E-state index in [4.69, 9.17) is 44.3 Å². The second-order valence-electron chi connectivity index (χ2n) is 4.52. The standard InChI is InChI=1S/C16H12Cl3FO3/c1-2-22-14-6-10(16(19)21)5-13(18)15(14)23-8-9-3-4-11(20)7-12(9)17/h3-7H,2,8H2,1H3. The van der Waals surface area contributed by atoms with E-state index in [-0.39, 0.29) is 28.0 Å². The molecule has 0 aliphatic heterocycles.